The molecule has 2 aromatic carbocycles. The molecule has 13 nitrogen and oxygen atoms in total. The Balaban J connectivity index is 0.917. The second-order valence-electron chi connectivity index (χ2n) is 16.9. The lowest BCUT2D eigenvalue weighted by Gasteiger charge is -2.37. The Kier molecular flexibility index (Phi) is 11.8. The van der Waals surface area contributed by atoms with Gasteiger partial charge in [-0.3, -0.25) is 24.2 Å². The predicted molar refractivity (Wildman–Crippen MR) is 223 cm³/mol. The first-order valence-electron chi connectivity index (χ1n) is 20.9. The van der Waals surface area contributed by atoms with Gasteiger partial charge in [0.1, 0.15) is 0 Å². The number of benzene rings is 2. The highest BCUT2D eigenvalue weighted by atomic mass is 35.5. The summed E-state index contributed by atoms with van der Waals surface area (Å²) in [6.07, 6.45) is 9.59. The van der Waals surface area contributed by atoms with Crippen LogP contribution in [0.3, 0.4) is 0 Å². The molecule has 0 unspecified atom stereocenters. The molecule has 2 fully saturated rings. The van der Waals surface area contributed by atoms with E-state index in [1.165, 1.54) is 0 Å². The van der Waals surface area contributed by atoms with Gasteiger partial charge in [-0.25, -0.2) is 9.97 Å². The number of rotatable bonds is 10. The minimum absolute atomic E-state index is 0.192. The number of aliphatic hydroxyl groups excluding tert-OH is 1. The van der Waals surface area contributed by atoms with Gasteiger partial charge in [-0.2, -0.15) is 0 Å². The molecule has 8 rings (SSSR count). The summed E-state index contributed by atoms with van der Waals surface area (Å²) < 4.78 is 3.81. The van der Waals surface area contributed by atoms with Crippen LogP contribution in [0.2, 0.25) is 5.02 Å². The van der Waals surface area contributed by atoms with Crippen molar-refractivity contribution in [3.63, 3.8) is 0 Å². The fourth-order valence-corrected chi connectivity index (χ4v) is 10.1. The van der Waals surface area contributed by atoms with Crippen LogP contribution < -0.4 is 10.6 Å². The standard InChI is InChI=1S/C44H55ClN8O5/c1-26-31(6-4-8-33(26)48-42(55)40-47-36-25-53(23-20-38(36)51(40)3)29-14-16-30(54)17-15-29)32-7-5-9-34(39(32)45)49-43(56)41-46-35-24-52(22-19-37(35)50(41)2)21-18-27-10-12-28(13-11-27)44(57)58/h4-9,27-30,54H,10-25H2,1-3H3,(H,48,55)(H,49,56)(H,57,58)/t27-,28-,29?,30?. The first-order valence-corrected chi connectivity index (χ1v) is 21.3. The average molecular weight is 811 g/mol. The molecular formula is C44H55ClN8O5. The molecule has 4 N–H and O–H groups in total. The molecular weight excluding hydrogens is 756 g/mol. The summed E-state index contributed by atoms with van der Waals surface area (Å²) in [6, 6.07) is 11.7. The smallest absolute Gasteiger partial charge is 0.306 e. The molecule has 308 valence electrons. The van der Waals surface area contributed by atoms with Gasteiger partial charge in [0.05, 0.1) is 34.1 Å². The molecule has 0 radical (unpaired) electrons. The number of carbonyl (C=O) groups is 3. The fourth-order valence-electron chi connectivity index (χ4n) is 9.78. The van der Waals surface area contributed by atoms with Gasteiger partial charge in [0.2, 0.25) is 0 Å². The van der Waals surface area contributed by atoms with Gasteiger partial charge < -0.3 is 30.0 Å². The summed E-state index contributed by atoms with van der Waals surface area (Å²) in [4.78, 5) is 53.3. The molecule has 14 heteroatoms. The van der Waals surface area contributed by atoms with Crippen LogP contribution in [0.4, 0.5) is 11.4 Å². The highest BCUT2D eigenvalue weighted by Crippen LogP contribution is 2.38. The zero-order chi connectivity index (χ0) is 40.7. The van der Waals surface area contributed by atoms with Crippen LogP contribution in [-0.4, -0.2) is 88.7 Å². The van der Waals surface area contributed by atoms with Crippen molar-refractivity contribution in [2.24, 2.45) is 25.9 Å². The van der Waals surface area contributed by atoms with Gasteiger partial charge in [0.15, 0.2) is 11.6 Å². The Bertz CT molecular complexity index is 2200. The number of aromatic nitrogens is 4. The van der Waals surface area contributed by atoms with Gasteiger partial charge in [0.25, 0.3) is 11.8 Å². The zero-order valence-corrected chi connectivity index (χ0v) is 34.5. The SMILES string of the molecule is Cc1c(NC(=O)c2nc3c(n2C)CCN(C2CCC(O)CC2)C3)cccc1-c1cccc(NC(=O)c2nc3c(n2C)CCN(CC[C@H]2CC[C@H](C(=O)O)CC2)C3)c1Cl. The van der Waals surface area contributed by atoms with Gasteiger partial charge >= 0.3 is 5.97 Å². The van der Waals surface area contributed by atoms with Crippen molar-refractivity contribution >= 4 is 40.8 Å². The van der Waals surface area contributed by atoms with E-state index < -0.39 is 5.97 Å². The first-order chi connectivity index (χ1) is 27.9. The maximum absolute atomic E-state index is 13.8. The number of halogens is 1. The number of nitrogens with zero attached hydrogens (tertiary/aromatic N) is 6. The number of fused-ring (bicyclic) bond motifs is 2. The number of hydrogen-bond acceptors (Lipinski definition) is 8. The van der Waals surface area contributed by atoms with Crippen molar-refractivity contribution in [1.82, 2.24) is 28.9 Å². The summed E-state index contributed by atoms with van der Waals surface area (Å²) in [5.41, 5.74) is 7.51. The topological polar surface area (TPSA) is 158 Å². The Labute approximate surface area is 344 Å². The maximum atomic E-state index is 13.8. The summed E-state index contributed by atoms with van der Waals surface area (Å²) in [5, 5.41) is 25.8. The fraction of sp³-hybridized carbons (Fsp3) is 0.523. The van der Waals surface area contributed by atoms with Gasteiger partial charge in [-0.15, -0.1) is 0 Å². The zero-order valence-electron chi connectivity index (χ0n) is 33.8. The van der Waals surface area contributed by atoms with Gasteiger partial charge in [0, 0.05) is 81.8 Å². The molecule has 2 aromatic heterocycles. The van der Waals surface area contributed by atoms with E-state index in [9.17, 15) is 24.6 Å². The number of hydrogen-bond donors (Lipinski definition) is 4. The summed E-state index contributed by atoms with van der Waals surface area (Å²) in [7, 11) is 3.79. The minimum atomic E-state index is -0.667. The lowest BCUT2D eigenvalue weighted by atomic mass is 9.80. The second kappa shape index (κ2) is 17.0. The molecule has 4 aliphatic rings. The van der Waals surface area contributed by atoms with Crippen molar-refractivity contribution in [3.05, 3.63) is 81.4 Å². The Morgan fingerprint density at radius 1 is 0.776 bits per heavy atom. The number of aliphatic hydroxyl groups is 1. The second-order valence-corrected chi connectivity index (χ2v) is 17.3. The highest BCUT2D eigenvalue weighted by Gasteiger charge is 2.32. The van der Waals surface area contributed by atoms with Crippen LogP contribution in [0.1, 0.15) is 107 Å². The van der Waals surface area contributed by atoms with E-state index in [1.807, 2.05) is 60.5 Å². The van der Waals surface area contributed by atoms with Crippen LogP contribution >= 0.6 is 11.6 Å². The average Bonchev–Trinajstić information content (AvgIpc) is 3.74. The third kappa shape index (κ3) is 8.19. The van der Waals surface area contributed by atoms with Crippen molar-refractivity contribution < 1.29 is 24.6 Å². The predicted octanol–water partition coefficient (Wildman–Crippen LogP) is 6.59. The van der Waals surface area contributed by atoms with Crippen molar-refractivity contribution in [2.45, 2.75) is 103 Å². The number of amides is 2. The lowest BCUT2D eigenvalue weighted by molar-refractivity contribution is -0.143. The van der Waals surface area contributed by atoms with Crippen LogP contribution in [0.15, 0.2) is 36.4 Å². The van der Waals surface area contributed by atoms with E-state index in [0.29, 0.717) is 53.1 Å². The van der Waals surface area contributed by atoms with Crippen molar-refractivity contribution in [3.8, 4) is 11.1 Å². The van der Waals surface area contributed by atoms with E-state index in [0.717, 1.165) is 130 Å². The van der Waals surface area contributed by atoms with E-state index >= 15 is 0 Å². The number of anilines is 2. The molecule has 0 saturated heterocycles. The summed E-state index contributed by atoms with van der Waals surface area (Å²) in [6.45, 7) is 6.07. The van der Waals surface area contributed by atoms with E-state index in [2.05, 4.69) is 20.4 Å². The molecule has 0 atom stereocenters. The Hall–Kier alpha value is -4.56. The van der Waals surface area contributed by atoms with Crippen LogP contribution in [0.25, 0.3) is 11.1 Å². The number of nitrogens with one attached hydrogen (secondary N) is 2. The summed E-state index contributed by atoms with van der Waals surface area (Å²) in [5.74, 6) is -0.218. The Morgan fingerprint density at radius 3 is 2.02 bits per heavy atom. The molecule has 0 spiro atoms. The monoisotopic (exact) mass is 810 g/mol. The number of aliphatic carboxylic acids is 1. The van der Waals surface area contributed by atoms with Crippen LogP contribution in [0, 0.1) is 18.8 Å². The molecule has 4 heterocycles. The number of carboxylic acid groups (broad SMARTS) is 1. The van der Waals surface area contributed by atoms with Crippen LogP contribution in [0.5, 0.6) is 0 Å². The normalized spacial score (nSPS) is 22.6. The van der Waals surface area contributed by atoms with Gasteiger partial charge in [-0.05, 0) is 100 Å². The Morgan fingerprint density at radius 2 is 1.36 bits per heavy atom. The van der Waals surface area contributed by atoms with Crippen molar-refractivity contribution in [2.75, 3.05) is 30.3 Å². The molecule has 2 aliphatic carbocycles. The molecule has 4 aromatic rings. The van der Waals surface area contributed by atoms with E-state index in [-0.39, 0.29) is 23.8 Å². The third-order valence-corrected chi connectivity index (χ3v) is 13.8. The third-order valence-electron chi connectivity index (χ3n) is 13.4. The van der Waals surface area contributed by atoms with Crippen molar-refractivity contribution in [1.29, 1.82) is 0 Å². The molecule has 2 aliphatic heterocycles. The highest BCUT2D eigenvalue weighted by molar-refractivity contribution is 6.36. The molecule has 58 heavy (non-hydrogen) atoms. The number of imidazole rings is 2. The number of carboxylic acids is 1. The maximum Gasteiger partial charge on any atom is 0.306 e. The number of carbonyl (C=O) groups excluding carboxylic acids is 2. The first kappa shape index (κ1) is 40.2. The largest absolute Gasteiger partial charge is 0.481 e. The van der Waals surface area contributed by atoms with Gasteiger partial charge in [-0.1, -0.05) is 35.9 Å². The quantitative estimate of drug-likeness (QED) is 0.139. The van der Waals surface area contributed by atoms with E-state index in [1.54, 1.807) is 6.07 Å². The molecule has 0 bridgehead atoms. The lowest BCUT2D eigenvalue weighted by Crippen LogP contribution is -2.42. The minimum Gasteiger partial charge on any atom is -0.481 e. The summed E-state index contributed by atoms with van der Waals surface area (Å²) >= 11 is 7.04. The van der Waals surface area contributed by atoms with Crippen LogP contribution in [-0.2, 0) is 44.8 Å². The molecule has 2 saturated carbocycles. The molecule has 2 amide bonds. The van der Waals surface area contributed by atoms with E-state index in [4.69, 9.17) is 21.6 Å².